The SMILES string of the molecule is O=C(c1cc2c(cn1)OCCC2)N1CCN(c2ncccn2)CC1. The number of carbonyl (C=O) groups excluding carboxylic acids is 1. The molecule has 4 heterocycles. The van der Waals surface area contributed by atoms with Gasteiger partial charge in [0.1, 0.15) is 11.4 Å². The molecule has 7 nitrogen and oxygen atoms in total. The Morgan fingerprint density at radius 1 is 1.08 bits per heavy atom. The van der Waals surface area contributed by atoms with Gasteiger partial charge in [0.15, 0.2) is 0 Å². The molecule has 1 saturated heterocycles. The van der Waals surface area contributed by atoms with Gasteiger partial charge >= 0.3 is 0 Å². The average Bonchev–Trinajstić information content (AvgIpc) is 2.68. The van der Waals surface area contributed by atoms with Crippen LogP contribution in [0.15, 0.2) is 30.7 Å². The average molecular weight is 325 g/mol. The van der Waals surface area contributed by atoms with Gasteiger partial charge < -0.3 is 14.5 Å². The molecule has 2 aliphatic heterocycles. The minimum atomic E-state index is -0.0167. The molecule has 2 aliphatic rings. The molecule has 124 valence electrons. The van der Waals surface area contributed by atoms with Gasteiger partial charge in [0.05, 0.1) is 12.8 Å². The fourth-order valence-corrected chi connectivity index (χ4v) is 3.10. The summed E-state index contributed by atoms with van der Waals surface area (Å²) in [5, 5.41) is 0. The van der Waals surface area contributed by atoms with Crippen LogP contribution in [-0.4, -0.2) is 58.5 Å². The van der Waals surface area contributed by atoms with Gasteiger partial charge in [-0.2, -0.15) is 0 Å². The minimum absolute atomic E-state index is 0.0167. The molecule has 0 aromatic carbocycles. The number of rotatable bonds is 2. The molecule has 0 atom stereocenters. The van der Waals surface area contributed by atoms with Gasteiger partial charge in [-0.05, 0) is 30.5 Å². The van der Waals surface area contributed by atoms with Crippen molar-refractivity contribution in [3.05, 3.63) is 42.0 Å². The predicted octanol–water partition coefficient (Wildman–Crippen LogP) is 1.16. The van der Waals surface area contributed by atoms with Gasteiger partial charge in [-0.25, -0.2) is 15.0 Å². The molecular weight excluding hydrogens is 306 g/mol. The van der Waals surface area contributed by atoms with E-state index >= 15 is 0 Å². The van der Waals surface area contributed by atoms with Crippen LogP contribution in [0.5, 0.6) is 5.75 Å². The molecule has 4 rings (SSSR count). The van der Waals surface area contributed by atoms with Crippen molar-refractivity contribution in [3.8, 4) is 5.75 Å². The van der Waals surface area contributed by atoms with Crippen LogP contribution in [-0.2, 0) is 6.42 Å². The molecule has 0 bridgehead atoms. The molecule has 0 radical (unpaired) electrons. The lowest BCUT2D eigenvalue weighted by Crippen LogP contribution is -2.49. The van der Waals surface area contributed by atoms with Crippen LogP contribution in [0.4, 0.5) is 5.95 Å². The van der Waals surface area contributed by atoms with E-state index in [9.17, 15) is 4.79 Å². The lowest BCUT2D eigenvalue weighted by Gasteiger charge is -2.34. The Hall–Kier alpha value is -2.70. The van der Waals surface area contributed by atoms with E-state index in [0.29, 0.717) is 24.7 Å². The highest BCUT2D eigenvalue weighted by Gasteiger charge is 2.25. The fraction of sp³-hybridized carbons (Fsp3) is 0.412. The number of piperazine rings is 1. The van der Waals surface area contributed by atoms with Gasteiger partial charge in [-0.3, -0.25) is 4.79 Å². The Kier molecular flexibility index (Phi) is 3.98. The Morgan fingerprint density at radius 3 is 2.67 bits per heavy atom. The number of hydrogen-bond donors (Lipinski definition) is 0. The third kappa shape index (κ3) is 2.89. The number of anilines is 1. The van der Waals surface area contributed by atoms with E-state index in [2.05, 4.69) is 19.9 Å². The van der Waals surface area contributed by atoms with E-state index in [-0.39, 0.29) is 5.91 Å². The fourth-order valence-electron chi connectivity index (χ4n) is 3.10. The van der Waals surface area contributed by atoms with Crippen LogP contribution in [0.25, 0.3) is 0 Å². The molecule has 24 heavy (non-hydrogen) atoms. The second kappa shape index (κ2) is 6.43. The highest BCUT2D eigenvalue weighted by molar-refractivity contribution is 5.92. The van der Waals surface area contributed by atoms with Crippen LogP contribution < -0.4 is 9.64 Å². The Balaban J connectivity index is 1.43. The first-order valence-electron chi connectivity index (χ1n) is 8.24. The Labute approximate surface area is 140 Å². The topological polar surface area (TPSA) is 71.5 Å². The maximum atomic E-state index is 12.7. The first kappa shape index (κ1) is 14.9. The summed E-state index contributed by atoms with van der Waals surface area (Å²) in [4.78, 5) is 29.5. The van der Waals surface area contributed by atoms with E-state index < -0.39 is 0 Å². The minimum Gasteiger partial charge on any atom is -0.492 e. The number of hydrogen-bond acceptors (Lipinski definition) is 6. The predicted molar refractivity (Wildman–Crippen MR) is 88.2 cm³/mol. The molecule has 7 heteroatoms. The zero-order valence-corrected chi connectivity index (χ0v) is 13.4. The Morgan fingerprint density at radius 2 is 1.88 bits per heavy atom. The first-order valence-corrected chi connectivity index (χ1v) is 8.24. The molecule has 0 unspecified atom stereocenters. The molecule has 2 aromatic heterocycles. The van der Waals surface area contributed by atoms with E-state index in [1.165, 1.54) is 0 Å². The summed E-state index contributed by atoms with van der Waals surface area (Å²) in [5.41, 5.74) is 1.58. The van der Waals surface area contributed by atoms with Crippen LogP contribution >= 0.6 is 0 Å². The highest BCUT2D eigenvalue weighted by Crippen LogP contribution is 2.24. The maximum Gasteiger partial charge on any atom is 0.272 e. The molecule has 1 amide bonds. The second-order valence-corrected chi connectivity index (χ2v) is 5.96. The van der Waals surface area contributed by atoms with Crippen molar-refractivity contribution in [1.29, 1.82) is 0 Å². The van der Waals surface area contributed by atoms with Gasteiger partial charge in [0.2, 0.25) is 5.95 Å². The largest absolute Gasteiger partial charge is 0.492 e. The summed E-state index contributed by atoms with van der Waals surface area (Å²) >= 11 is 0. The monoisotopic (exact) mass is 325 g/mol. The number of aryl methyl sites for hydroxylation is 1. The number of aromatic nitrogens is 3. The molecule has 2 aromatic rings. The molecule has 0 spiro atoms. The van der Waals surface area contributed by atoms with Crippen LogP contribution in [0, 0.1) is 0 Å². The number of amides is 1. The van der Waals surface area contributed by atoms with Crippen molar-refractivity contribution in [1.82, 2.24) is 19.9 Å². The maximum absolute atomic E-state index is 12.7. The zero-order chi connectivity index (χ0) is 16.4. The van der Waals surface area contributed by atoms with Crippen LogP contribution in [0.3, 0.4) is 0 Å². The van der Waals surface area contributed by atoms with Gasteiger partial charge in [0, 0.05) is 38.6 Å². The third-order valence-electron chi connectivity index (χ3n) is 4.42. The standard InChI is InChI=1S/C17H19N5O2/c23-16(14-11-13-3-1-10-24-15(13)12-20-14)21-6-8-22(9-7-21)17-18-4-2-5-19-17/h2,4-5,11-12H,1,3,6-10H2. The van der Waals surface area contributed by atoms with Gasteiger partial charge in [-0.15, -0.1) is 0 Å². The van der Waals surface area contributed by atoms with E-state index in [1.54, 1.807) is 24.7 Å². The number of fused-ring (bicyclic) bond motifs is 1. The normalized spacial score (nSPS) is 17.2. The molecule has 1 fully saturated rings. The lowest BCUT2D eigenvalue weighted by molar-refractivity contribution is 0.0740. The summed E-state index contributed by atoms with van der Waals surface area (Å²) in [6, 6.07) is 3.68. The van der Waals surface area contributed by atoms with Crippen LogP contribution in [0.2, 0.25) is 0 Å². The summed E-state index contributed by atoms with van der Waals surface area (Å²) in [5.74, 6) is 1.51. The lowest BCUT2D eigenvalue weighted by atomic mass is 10.1. The van der Waals surface area contributed by atoms with Crippen molar-refractivity contribution in [2.45, 2.75) is 12.8 Å². The zero-order valence-electron chi connectivity index (χ0n) is 13.4. The van der Waals surface area contributed by atoms with E-state index in [1.807, 2.05) is 11.0 Å². The van der Waals surface area contributed by atoms with Crippen molar-refractivity contribution in [2.24, 2.45) is 0 Å². The number of pyridine rings is 1. The summed E-state index contributed by atoms with van der Waals surface area (Å²) in [6.07, 6.45) is 7.07. The van der Waals surface area contributed by atoms with Gasteiger partial charge in [0.25, 0.3) is 5.91 Å². The Bertz CT molecular complexity index is 729. The second-order valence-electron chi connectivity index (χ2n) is 5.96. The first-order chi connectivity index (χ1) is 11.8. The molecule has 0 aliphatic carbocycles. The molecule has 0 saturated carbocycles. The highest BCUT2D eigenvalue weighted by atomic mass is 16.5. The molecular formula is C17H19N5O2. The van der Waals surface area contributed by atoms with Crippen molar-refractivity contribution in [2.75, 3.05) is 37.7 Å². The van der Waals surface area contributed by atoms with Crippen molar-refractivity contribution < 1.29 is 9.53 Å². The number of ether oxygens (including phenoxy) is 1. The van der Waals surface area contributed by atoms with Crippen molar-refractivity contribution in [3.63, 3.8) is 0 Å². The van der Waals surface area contributed by atoms with Gasteiger partial charge in [-0.1, -0.05) is 0 Å². The number of nitrogens with zero attached hydrogens (tertiary/aromatic N) is 5. The summed E-state index contributed by atoms with van der Waals surface area (Å²) in [6.45, 7) is 3.47. The van der Waals surface area contributed by atoms with E-state index in [0.717, 1.165) is 43.9 Å². The smallest absolute Gasteiger partial charge is 0.272 e. The summed E-state index contributed by atoms with van der Waals surface area (Å²) in [7, 11) is 0. The summed E-state index contributed by atoms with van der Waals surface area (Å²) < 4.78 is 5.56. The number of carbonyl (C=O) groups is 1. The van der Waals surface area contributed by atoms with Crippen molar-refractivity contribution >= 4 is 11.9 Å². The van der Waals surface area contributed by atoms with E-state index in [4.69, 9.17) is 4.74 Å². The quantitative estimate of drug-likeness (QED) is 0.825. The van der Waals surface area contributed by atoms with Crippen LogP contribution in [0.1, 0.15) is 22.5 Å². The third-order valence-corrected chi connectivity index (χ3v) is 4.42. The molecule has 0 N–H and O–H groups in total.